The fraction of sp³-hybridized carbons (Fsp3) is 0.389. The Hall–Kier alpha value is -2.43. The molecule has 2 aromatic rings. The van der Waals surface area contributed by atoms with E-state index in [1.165, 1.54) is 5.56 Å². The third-order valence-corrected chi connectivity index (χ3v) is 3.61. The van der Waals surface area contributed by atoms with Gasteiger partial charge in [0.15, 0.2) is 0 Å². The number of hydrogen-bond donors (Lipinski definition) is 2. The Morgan fingerprint density at radius 1 is 1.13 bits per heavy atom. The number of anilines is 2. The second-order valence-electron chi connectivity index (χ2n) is 5.70. The highest BCUT2D eigenvalue weighted by molar-refractivity contribution is 5.93. The Kier molecular flexibility index (Phi) is 6.09. The molecule has 0 aliphatic rings. The van der Waals surface area contributed by atoms with E-state index >= 15 is 0 Å². The van der Waals surface area contributed by atoms with E-state index in [0.29, 0.717) is 18.1 Å². The maximum atomic E-state index is 12.0. The minimum absolute atomic E-state index is 0.126. The molecule has 0 saturated heterocycles. The van der Waals surface area contributed by atoms with E-state index in [2.05, 4.69) is 40.5 Å². The maximum absolute atomic E-state index is 12.0. The van der Waals surface area contributed by atoms with Crippen LogP contribution in [0.3, 0.4) is 0 Å². The van der Waals surface area contributed by atoms with Crippen LogP contribution in [0.15, 0.2) is 30.6 Å². The lowest BCUT2D eigenvalue weighted by atomic mass is 10.1. The van der Waals surface area contributed by atoms with Gasteiger partial charge in [-0.15, -0.1) is 0 Å². The maximum Gasteiger partial charge on any atom is 0.254 e. The number of carbonyl (C=O) groups excluding carboxylic acids is 1. The van der Waals surface area contributed by atoms with Gasteiger partial charge in [-0.05, 0) is 31.9 Å². The monoisotopic (exact) mass is 312 g/mol. The van der Waals surface area contributed by atoms with Crippen molar-refractivity contribution in [2.24, 2.45) is 0 Å². The van der Waals surface area contributed by atoms with Crippen molar-refractivity contribution in [1.29, 1.82) is 0 Å². The Morgan fingerprint density at radius 2 is 1.87 bits per heavy atom. The minimum Gasteiger partial charge on any atom is -0.352 e. The Morgan fingerprint density at radius 3 is 2.52 bits per heavy atom. The van der Waals surface area contributed by atoms with E-state index in [1.807, 2.05) is 19.1 Å². The van der Waals surface area contributed by atoms with Crippen LogP contribution in [0.2, 0.25) is 0 Å². The molecule has 5 nitrogen and oxygen atoms in total. The van der Waals surface area contributed by atoms with Gasteiger partial charge in [0.1, 0.15) is 0 Å². The van der Waals surface area contributed by atoms with Gasteiger partial charge in [0.25, 0.3) is 5.91 Å². The third kappa shape index (κ3) is 5.06. The second kappa shape index (κ2) is 8.27. The number of aromatic nitrogens is 2. The summed E-state index contributed by atoms with van der Waals surface area (Å²) < 4.78 is 0. The zero-order valence-electron chi connectivity index (χ0n) is 14.0. The molecule has 122 valence electrons. The lowest BCUT2D eigenvalue weighted by Gasteiger charge is -2.09. The molecule has 1 aromatic heterocycles. The van der Waals surface area contributed by atoms with Crippen molar-refractivity contribution < 1.29 is 4.79 Å². The quantitative estimate of drug-likeness (QED) is 0.764. The number of hydrogen-bond acceptors (Lipinski definition) is 4. The molecule has 1 amide bonds. The van der Waals surface area contributed by atoms with Crippen molar-refractivity contribution in [2.45, 2.75) is 40.0 Å². The van der Waals surface area contributed by atoms with Crippen molar-refractivity contribution in [2.75, 3.05) is 11.9 Å². The van der Waals surface area contributed by atoms with E-state index in [9.17, 15) is 4.79 Å². The zero-order valence-corrected chi connectivity index (χ0v) is 14.0. The fourth-order valence-corrected chi connectivity index (χ4v) is 2.26. The van der Waals surface area contributed by atoms with Gasteiger partial charge in [-0.3, -0.25) is 4.79 Å². The molecule has 0 aliphatic heterocycles. The number of unbranched alkanes of at least 4 members (excludes halogenated alkanes) is 2. The SMILES string of the molecule is CCCCCNC(=O)c1cnc(Nc2ccc(C)cc2C)nc1. The summed E-state index contributed by atoms with van der Waals surface area (Å²) >= 11 is 0. The molecule has 23 heavy (non-hydrogen) atoms. The van der Waals surface area contributed by atoms with Gasteiger partial charge in [-0.1, -0.05) is 37.5 Å². The van der Waals surface area contributed by atoms with Gasteiger partial charge in [0, 0.05) is 24.6 Å². The summed E-state index contributed by atoms with van der Waals surface area (Å²) in [5.41, 5.74) is 3.79. The molecule has 0 radical (unpaired) electrons. The zero-order chi connectivity index (χ0) is 16.7. The summed E-state index contributed by atoms with van der Waals surface area (Å²) in [6.45, 7) is 6.92. The summed E-state index contributed by atoms with van der Waals surface area (Å²) in [5.74, 6) is 0.360. The third-order valence-electron chi connectivity index (χ3n) is 3.61. The van der Waals surface area contributed by atoms with Gasteiger partial charge in [0.2, 0.25) is 5.95 Å². The van der Waals surface area contributed by atoms with E-state index in [0.717, 1.165) is 30.5 Å². The first-order valence-electron chi connectivity index (χ1n) is 8.04. The average molecular weight is 312 g/mol. The fourth-order valence-electron chi connectivity index (χ4n) is 2.26. The lowest BCUT2D eigenvalue weighted by molar-refractivity contribution is 0.0952. The molecule has 0 unspecified atom stereocenters. The molecule has 2 N–H and O–H groups in total. The van der Waals surface area contributed by atoms with E-state index in [1.54, 1.807) is 12.4 Å². The molecule has 0 atom stereocenters. The van der Waals surface area contributed by atoms with E-state index in [-0.39, 0.29) is 5.91 Å². The standard InChI is InChI=1S/C18H24N4O/c1-4-5-6-9-19-17(23)15-11-20-18(21-12-15)22-16-8-7-13(2)10-14(16)3/h7-8,10-12H,4-6,9H2,1-3H3,(H,19,23)(H,20,21,22). The first-order chi connectivity index (χ1) is 11.1. The Balaban J connectivity index is 1.95. The number of nitrogens with one attached hydrogen (secondary N) is 2. The molecular weight excluding hydrogens is 288 g/mol. The van der Waals surface area contributed by atoms with Crippen LogP contribution in [0.25, 0.3) is 0 Å². The predicted octanol–water partition coefficient (Wildman–Crippen LogP) is 3.76. The molecule has 5 heteroatoms. The lowest BCUT2D eigenvalue weighted by Crippen LogP contribution is -2.24. The summed E-state index contributed by atoms with van der Waals surface area (Å²) in [7, 11) is 0. The van der Waals surface area contributed by atoms with Gasteiger partial charge in [-0.25, -0.2) is 9.97 Å². The van der Waals surface area contributed by atoms with Crippen molar-refractivity contribution in [3.63, 3.8) is 0 Å². The molecule has 2 rings (SSSR count). The molecule has 0 fully saturated rings. The summed E-state index contributed by atoms with van der Waals surface area (Å²) in [6.07, 6.45) is 6.35. The van der Waals surface area contributed by atoms with E-state index in [4.69, 9.17) is 0 Å². The van der Waals surface area contributed by atoms with Crippen LogP contribution in [0.5, 0.6) is 0 Å². The first-order valence-corrected chi connectivity index (χ1v) is 8.04. The van der Waals surface area contributed by atoms with Gasteiger partial charge < -0.3 is 10.6 Å². The smallest absolute Gasteiger partial charge is 0.254 e. The van der Waals surface area contributed by atoms with Crippen LogP contribution in [0, 0.1) is 13.8 Å². The highest BCUT2D eigenvalue weighted by atomic mass is 16.1. The summed E-state index contributed by atoms with van der Waals surface area (Å²) in [5, 5.41) is 6.05. The average Bonchev–Trinajstić information content (AvgIpc) is 2.55. The normalized spacial score (nSPS) is 10.4. The van der Waals surface area contributed by atoms with Crippen LogP contribution >= 0.6 is 0 Å². The first kappa shape index (κ1) is 16.9. The Labute approximate surface area is 137 Å². The van der Waals surface area contributed by atoms with Gasteiger partial charge in [-0.2, -0.15) is 0 Å². The van der Waals surface area contributed by atoms with Crippen molar-refractivity contribution >= 4 is 17.5 Å². The topological polar surface area (TPSA) is 66.9 Å². The van der Waals surface area contributed by atoms with Gasteiger partial charge in [0.05, 0.1) is 5.56 Å². The molecule has 0 bridgehead atoms. The predicted molar refractivity (Wildman–Crippen MR) is 93.1 cm³/mol. The number of amides is 1. The van der Waals surface area contributed by atoms with Crippen molar-refractivity contribution in [3.05, 3.63) is 47.3 Å². The number of carbonyl (C=O) groups is 1. The molecule has 0 aliphatic carbocycles. The van der Waals surface area contributed by atoms with Gasteiger partial charge >= 0.3 is 0 Å². The molecule has 0 spiro atoms. The molecule has 0 saturated carbocycles. The number of rotatable bonds is 7. The summed E-state index contributed by atoms with van der Waals surface area (Å²) in [4.78, 5) is 20.4. The molecule has 1 aromatic carbocycles. The molecular formula is C18H24N4O. The van der Waals surface area contributed by atoms with Crippen LogP contribution < -0.4 is 10.6 Å². The second-order valence-corrected chi connectivity index (χ2v) is 5.70. The molecule has 1 heterocycles. The number of nitrogens with zero attached hydrogens (tertiary/aromatic N) is 2. The highest BCUT2D eigenvalue weighted by Crippen LogP contribution is 2.19. The summed E-state index contributed by atoms with van der Waals surface area (Å²) in [6, 6.07) is 6.14. The Bertz CT molecular complexity index is 653. The van der Waals surface area contributed by atoms with Crippen molar-refractivity contribution in [1.82, 2.24) is 15.3 Å². The van der Waals surface area contributed by atoms with Crippen LogP contribution in [-0.4, -0.2) is 22.4 Å². The minimum atomic E-state index is -0.126. The van der Waals surface area contributed by atoms with Crippen LogP contribution in [0.4, 0.5) is 11.6 Å². The van der Waals surface area contributed by atoms with Crippen LogP contribution in [-0.2, 0) is 0 Å². The largest absolute Gasteiger partial charge is 0.352 e. The highest BCUT2D eigenvalue weighted by Gasteiger charge is 2.07. The van der Waals surface area contributed by atoms with Crippen LogP contribution in [0.1, 0.15) is 47.7 Å². The number of aryl methyl sites for hydroxylation is 2. The van der Waals surface area contributed by atoms with E-state index < -0.39 is 0 Å². The number of benzene rings is 1. The van der Waals surface area contributed by atoms with Crippen molar-refractivity contribution in [3.8, 4) is 0 Å².